The molecule has 0 aliphatic carbocycles. The van der Waals surface area contributed by atoms with Crippen molar-refractivity contribution in [1.82, 2.24) is 20.1 Å². The molecule has 0 unspecified atom stereocenters. The molecule has 1 aliphatic rings. The van der Waals surface area contributed by atoms with Crippen molar-refractivity contribution in [3.63, 3.8) is 0 Å². The Morgan fingerprint density at radius 3 is 2.47 bits per heavy atom. The number of aromatic nitrogens is 3. The maximum absolute atomic E-state index is 12.9. The highest BCUT2D eigenvalue weighted by Gasteiger charge is 2.19. The summed E-state index contributed by atoms with van der Waals surface area (Å²) in [5.41, 5.74) is 8.15. The van der Waals surface area contributed by atoms with Gasteiger partial charge >= 0.3 is 0 Å². The van der Waals surface area contributed by atoms with Crippen LogP contribution in [0.4, 0.5) is 0 Å². The monoisotopic (exact) mass is 484 g/mol. The van der Waals surface area contributed by atoms with Gasteiger partial charge in [-0.1, -0.05) is 23.8 Å². The van der Waals surface area contributed by atoms with E-state index in [-0.39, 0.29) is 11.9 Å². The van der Waals surface area contributed by atoms with Gasteiger partial charge in [0.1, 0.15) is 13.2 Å². The molecule has 1 atom stereocenters. The van der Waals surface area contributed by atoms with Gasteiger partial charge in [-0.3, -0.25) is 4.79 Å². The highest BCUT2D eigenvalue weighted by Crippen LogP contribution is 2.33. The number of amides is 1. The average molecular weight is 485 g/mol. The molecule has 4 aromatic rings. The topological polar surface area (TPSA) is 78.3 Å². The van der Waals surface area contributed by atoms with Gasteiger partial charge in [0.2, 0.25) is 5.91 Å². The maximum atomic E-state index is 12.9. The third-order valence-electron chi connectivity index (χ3n) is 6.90. The number of carbonyl (C=O) groups excluding carboxylic acids is 1. The summed E-state index contributed by atoms with van der Waals surface area (Å²) < 4.78 is 13.2. The molecule has 186 valence electrons. The third kappa shape index (κ3) is 4.53. The standard InChI is InChI=1S/C29H32N4O3/c1-17-6-9-23(10-7-17)33-29-28(21(5)32-33)18(2)24(20(4)31-29)11-13-27(34)30-19(3)22-8-12-25-26(16-22)36-15-14-35-25/h6-10,12,16,19H,11,13-15H2,1-5H3,(H,30,34)/t19-/m0/s1. The van der Waals surface area contributed by atoms with Crippen LogP contribution in [0.3, 0.4) is 0 Å². The van der Waals surface area contributed by atoms with Gasteiger partial charge in [0, 0.05) is 17.5 Å². The summed E-state index contributed by atoms with van der Waals surface area (Å²) in [6, 6.07) is 14.0. The molecule has 5 rings (SSSR count). The lowest BCUT2D eigenvalue weighted by atomic mass is 9.99. The molecule has 0 saturated carbocycles. The molecule has 2 aromatic carbocycles. The number of hydrogen-bond donors (Lipinski definition) is 1. The van der Waals surface area contributed by atoms with E-state index >= 15 is 0 Å². The fourth-order valence-electron chi connectivity index (χ4n) is 4.91. The fraction of sp³-hybridized carbons (Fsp3) is 0.345. The second-order valence-electron chi connectivity index (χ2n) is 9.52. The van der Waals surface area contributed by atoms with Gasteiger partial charge in [-0.15, -0.1) is 0 Å². The molecule has 7 heteroatoms. The van der Waals surface area contributed by atoms with Gasteiger partial charge < -0.3 is 14.8 Å². The number of benzene rings is 2. The Morgan fingerprint density at radius 1 is 1.00 bits per heavy atom. The van der Waals surface area contributed by atoms with Crippen molar-refractivity contribution in [2.75, 3.05) is 13.2 Å². The molecule has 1 amide bonds. The fourth-order valence-corrected chi connectivity index (χ4v) is 4.91. The Balaban J connectivity index is 1.32. The van der Waals surface area contributed by atoms with E-state index in [1.165, 1.54) is 5.56 Å². The first-order valence-electron chi connectivity index (χ1n) is 12.4. The van der Waals surface area contributed by atoms with E-state index in [1.807, 2.05) is 43.7 Å². The summed E-state index contributed by atoms with van der Waals surface area (Å²) in [5, 5.41) is 8.96. The Hall–Kier alpha value is -3.87. The van der Waals surface area contributed by atoms with Crippen molar-refractivity contribution in [3.05, 3.63) is 76.1 Å². The second-order valence-corrected chi connectivity index (χ2v) is 9.52. The maximum Gasteiger partial charge on any atom is 0.220 e. The quantitative estimate of drug-likeness (QED) is 0.405. The molecule has 0 saturated heterocycles. The Kier molecular flexibility index (Phi) is 6.39. The van der Waals surface area contributed by atoms with Gasteiger partial charge in [0.25, 0.3) is 0 Å². The number of ether oxygens (including phenoxy) is 2. The minimum atomic E-state index is -0.133. The molecule has 3 heterocycles. The molecule has 0 fully saturated rings. The molecule has 7 nitrogen and oxygen atoms in total. The van der Waals surface area contributed by atoms with Crippen LogP contribution >= 0.6 is 0 Å². The van der Waals surface area contributed by atoms with Crippen molar-refractivity contribution >= 4 is 16.9 Å². The Labute approximate surface area is 211 Å². The number of rotatable bonds is 6. The van der Waals surface area contributed by atoms with E-state index in [2.05, 4.69) is 43.4 Å². The molecule has 2 aromatic heterocycles. The number of carbonyl (C=O) groups is 1. The minimum absolute atomic E-state index is 0.00311. The van der Waals surface area contributed by atoms with E-state index in [4.69, 9.17) is 19.6 Å². The van der Waals surface area contributed by atoms with Crippen molar-refractivity contribution in [2.24, 2.45) is 0 Å². The normalized spacial score (nSPS) is 13.6. The molecule has 36 heavy (non-hydrogen) atoms. The van der Waals surface area contributed by atoms with Crippen LogP contribution < -0.4 is 14.8 Å². The predicted molar refractivity (Wildman–Crippen MR) is 140 cm³/mol. The van der Waals surface area contributed by atoms with Crippen molar-refractivity contribution in [2.45, 2.75) is 53.5 Å². The lowest BCUT2D eigenvalue weighted by Crippen LogP contribution is -2.27. The van der Waals surface area contributed by atoms with Crippen LogP contribution in [0, 0.1) is 27.7 Å². The van der Waals surface area contributed by atoms with Crippen LogP contribution in [0.5, 0.6) is 11.5 Å². The lowest BCUT2D eigenvalue weighted by molar-refractivity contribution is -0.121. The van der Waals surface area contributed by atoms with Crippen LogP contribution in [0.1, 0.15) is 53.0 Å². The van der Waals surface area contributed by atoms with E-state index in [9.17, 15) is 4.79 Å². The summed E-state index contributed by atoms with van der Waals surface area (Å²) >= 11 is 0. The summed E-state index contributed by atoms with van der Waals surface area (Å²) in [5.74, 6) is 1.48. The highest BCUT2D eigenvalue weighted by atomic mass is 16.6. The minimum Gasteiger partial charge on any atom is -0.486 e. The number of aryl methyl sites for hydroxylation is 4. The molecule has 1 aliphatic heterocycles. The summed E-state index contributed by atoms with van der Waals surface area (Å²) in [6.45, 7) is 11.3. The molecule has 1 N–H and O–H groups in total. The smallest absolute Gasteiger partial charge is 0.220 e. The third-order valence-corrected chi connectivity index (χ3v) is 6.90. The first-order valence-corrected chi connectivity index (χ1v) is 12.4. The summed E-state index contributed by atoms with van der Waals surface area (Å²) in [7, 11) is 0. The summed E-state index contributed by atoms with van der Waals surface area (Å²) in [6.07, 6.45) is 1.00. The SMILES string of the molecule is Cc1ccc(-n2nc(C)c3c(C)c(CCC(=O)N[C@@H](C)c4ccc5c(c4)OCCO5)c(C)nc32)cc1. The molecule has 0 radical (unpaired) electrons. The highest BCUT2D eigenvalue weighted by molar-refractivity contribution is 5.85. The average Bonchev–Trinajstić information content (AvgIpc) is 3.19. The van der Waals surface area contributed by atoms with Crippen LogP contribution in [0.2, 0.25) is 0 Å². The van der Waals surface area contributed by atoms with Crippen LogP contribution in [0.25, 0.3) is 16.7 Å². The number of hydrogen-bond acceptors (Lipinski definition) is 5. The van der Waals surface area contributed by atoms with Gasteiger partial charge in [0.05, 0.1) is 17.4 Å². The zero-order valence-electron chi connectivity index (χ0n) is 21.5. The molecule has 0 spiro atoms. The molecule has 0 bridgehead atoms. The van der Waals surface area contributed by atoms with Crippen LogP contribution in [0.15, 0.2) is 42.5 Å². The first kappa shape index (κ1) is 23.9. The zero-order chi connectivity index (χ0) is 25.4. The Bertz CT molecular complexity index is 1440. The van der Waals surface area contributed by atoms with Crippen molar-refractivity contribution in [1.29, 1.82) is 0 Å². The van der Waals surface area contributed by atoms with Crippen LogP contribution in [-0.2, 0) is 11.2 Å². The van der Waals surface area contributed by atoms with Gasteiger partial charge in [-0.25, -0.2) is 9.67 Å². The number of fused-ring (bicyclic) bond motifs is 2. The van der Waals surface area contributed by atoms with E-state index in [1.54, 1.807) is 0 Å². The van der Waals surface area contributed by atoms with Crippen molar-refractivity contribution < 1.29 is 14.3 Å². The van der Waals surface area contributed by atoms with Gasteiger partial charge in [-0.05, 0) is 82.0 Å². The predicted octanol–water partition coefficient (Wildman–Crippen LogP) is 5.24. The van der Waals surface area contributed by atoms with Gasteiger partial charge in [-0.2, -0.15) is 5.10 Å². The van der Waals surface area contributed by atoms with Crippen molar-refractivity contribution in [3.8, 4) is 17.2 Å². The zero-order valence-corrected chi connectivity index (χ0v) is 21.5. The largest absolute Gasteiger partial charge is 0.486 e. The van der Waals surface area contributed by atoms with E-state index in [0.717, 1.165) is 56.3 Å². The first-order chi connectivity index (χ1) is 17.3. The number of pyridine rings is 1. The van der Waals surface area contributed by atoms with Gasteiger partial charge in [0.15, 0.2) is 17.1 Å². The second kappa shape index (κ2) is 9.64. The molecular formula is C29H32N4O3. The lowest BCUT2D eigenvalue weighted by Gasteiger charge is -2.21. The van der Waals surface area contributed by atoms with Crippen LogP contribution in [-0.4, -0.2) is 33.9 Å². The number of nitrogens with one attached hydrogen (secondary N) is 1. The summed E-state index contributed by atoms with van der Waals surface area (Å²) in [4.78, 5) is 17.8. The Morgan fingerprint density at radius 2 is 1.72 bits per heavy atom. The van der Waals surface area contributed by atoms with E-state index in [0.29, 0.717) is 26.1 Å². The molecular weight excluding hydrogens is 452 g/mol. The number of nitrogens with zero attached hydrogens (tertiary/aromatic N) is 3. The van der Waals surface area contributed by atoms with E-state index < -0.39 is 0 Å².